The van der Waals surface area contributed by atoms with Crippen molar-refractivity contribution in [2.24, 2.45) is 5.10 Å². The summed E-state index contributed by atoms with van der Waals surface area (Å²) in [6.45, 7) is 5.77. The van der Waals surface area contributed by atoms with Gasteiger partial charge in [0.2, 0.25) is 0 Å². The number of ether oxygens (including phenoxy) is 1. The molecule has 7 heteroatoms. The minimum absolute atomic E-state index is 0.00118. The molecule has 3 aromatic carbocycles. The molecule has 0 aliphatic rings. The number of carbonyl (C=O) groups is 1. The van der Waals surface area contributed by atoms with Gasteiger partial charge in [-0.1, -0.05) is 37.3 Å². The van der Waals surface area contributed by atoms with Gasteiger partial charge in [-0.05, 0) is 62.7 Å². The molecular formula is C28H27N3O4. The van der Waals surface area contributed by atoms with Crippen LogP contribution in [0.15, 0.2) is 77.9 Å². The molecule has 0 saturated heterocycles. The monoisotopic (exact) mass is 469 g/mol. The summed E-state index contributed by atoms with van der Waals surface area (Å²) in [5, 5.41) is 24.9. The topological polar surface area (TPSA) is 104 Å². The van der Waals surface area contributed by atoms with E-state index in [4.69, 9.17) is 9.72 Å². The van der Waals surface area contributed by atoms with Gasteiger partial charge < -0.3 is 14.9 Å². The van der Waals surface area contributed by atoms with Gasteiger partial charge in [0.25, 0.3) is 5.91 Å². The van der Waals surface area contributed by atoms with Crippen LogP contribution in [0.4, 0.5) is 0 Å². The van der Waals surface area contributed by atoms with E-state index >= 15 is 0 Å². The third-order valence-corrected chi connectivity index (χ3v) is 5.38. The predicted octanol–water partition coefficient (Wildman–Crippen LogP) is 5.64. The Bertz CT molecular complexity index is 1410. The summed E-state index contributed by atoms with van der Waals surface area (Å²) in [7, 11) is 0. The Balaban J connectivity index is 1.72. The number of nitrogens with one attached hydrogen (secondary N) is 1. The maximum absolute atomic E-state index is 13.3. The Hall–Kier alpha value is -4.39. The quantitative estimate of drug-likeness (QED) is 0.184. The molecule has 178 valence electrons. The Labute approximate surface area is 203 Å². The molecule has 1 amide bonds. The lowest BCUT2D eigenvalue weighted by Crippen LogP contribution is -2.20. The molecule has 0 unspecified atom stereocenters. The molecule has 35 heavy (non-hydrogen) atoms. The number of aromatic nitrogens is 1. The second-order valence-electron chi connectivity index (χ2n) is 8.32. The molecule has 0 aliphatic carbocycles. The number of benzene rings is 3. The molecule has 4 aromatic rings. The van der Waals surface area contributed by atoms with E-state index < -0.39 is 5.91 Å². The van der Waals surface area contributed by atoms with E-state index in [-0.39, 0.29) is 17.6 Å². The average Bonchev–Trinajstić information content (AvgIpc) is 2.85. The van der Waals surface area contributed by atoms with Gasteiger partial charge in [0, 0.05) is 16.5 Å². The molecule has 0 saturated carbocycles. The molecule has 3 N–H and O–H groups in total. The highest BCUT2D eigenvalue weighted by Gasteiger charge is 2.15. The summed E-state index contributed by atoms with van der Waals surface area (Å²) in [5.41, 5.74) is 5.95. The smallest absolute Gasteiger partial charge is 0.272 e. The number of phenols is 2. The van der Waals surface area contributed by atoms with Crippen molar-refractivity contribution in [2.75, 3.05) is 0 Å². The number of nitrogens with zero attached hydrogens (tertiary/aromatic N) is 2. The fourth-order valence-electron chi connectivity index (χ4n) is 3.78. The lowest BCUT2D eigenvalue weighted by atomic mass is 10.0. The highest BCUT2D eigenvalue weighted by molar-refractivity contribution is 6.08. The lowest BCUT2D eigenvalue weighted by molar-refractivity contribution is 0.0956. The van der Waals surface area contributed by atoms with Crippen LogP contribution >= 0.6 is 0 Å². The lowest BCUT2D eigenvalue weighted by Gasteiger charge is -2.13. The van der Waals surface area contributed by atoms with Gasteiger partial charge >= 0.3 is 0 Å². The van der Waals surface area contributed by atoms with Gasteiger partial charge in [-0.3, -0.25) is 4.79 Å². The predicted molar refractivity (Wildman–Crippen MR) is 137 cm³/mol. The maximum atomic E-state index is 13.3. The molecule has 4 rings (SSSR count). The van der Waals surface area contributed by atoms with Gasteiger partial charge in [-0.15, -0.1) is 0 Å². The Morgan fingerprint density at radius 3 is 2.57 bits per heavy atom. The SMILES string of the molecule is CC/C(=N\NC(=O)c1cc(-c2cccc(OC(C)C)c2)nc2ccccc12)c1cc(O)ccc1O. The van der Waals surface area contributed by atoms with Crippen molar-refractivity contribution in [3.63, 3.8) is 0 Å². The number of amides is 1. The number of carbonyl (C=O) groups excluding carboxylic acids is 1. The summed E-state index contributed by atoms with van der Waals surface area (Å²) in [4.78, 5) is 18.0. The summed E-state index contributed by atoms with van der Waals surface area (Å²) < 4.78 is 5.82. The van der Waals surface area contributed by atoms with Gasteiger partial charge in [-0.2, -0.15) is 5.10 Å². The fraction of sp³-hybridized carbons (Fsp3) is 0.179. The van der Waals surface area contributed by atoms with E-state index in [1.165, 1.54) is 18.2 Å². The molecule has 0 bridgehead atoms. The van der Waals surface area contributed by atoms with Gasteiger partial charge in [0.05, 0.1) is 28.6 Å². The number of aromatic hydroxyl groups is 2. The zero-order valence-electron chi connectivity index (χ0n) is 19.8. The zero-order chi connectivity index (χ0) is 24.9. The third kappa shape index (κ3) is 5.41. The highest BCUT2D eigenvalue weighted by atomic mass is 16.5. The zero-order valence-corrected chi connectivity index (χ0v) is 19.8. The van der Waals surface area contributed by atoms with Crippen molar-refractivity contribution in [2.45, 2.75) is 33.3 Å². The molecule has 0 atom stereocenters. The number of pyridine rings is 1. The number of hydrazone groups is 1. The van der Waals surface area contributed by atoms with Crippen molar-refractivity contribution in [1.82, 2.24) is 10.4 Å². The van der Waals surface area contributed by atoms with E-state index in [9.17, 15) is 15.0 Å². The van der Waals surface area contributed by atoms with Gasteiger partial charge in [0.15, 0.2) is 0 Å². The first-order valence-electron chi connectivity index (χ1n) is 11.4. The molecule has 0 spiro atoms. The van der Waals surface area contributed by atoms with E-state index in [1.54, 1.807) is 6.07 Å². The standard InChI is InChI=1S/C28H27N3O4/c1-4-24(23-15-19(32)12-13-27(23)33)30-31-28(34)22-16-26(29-25-11-6-5-10-21(22)25)18-8-7-9-20(14-18)35-17(2)3/h5-17,32-33H,4H2,1-3H3,(H,31,34)/b30-24+. The van der Waals surface area contributed by atoms with Gasteiger partial charge in [0.1, 0.15) is 17.2 Å². The molecule has 0 aliphatic heterocycles. The van der Waals surface area contributed by atoms with Crippen LogP contribution in [0.1, 0.15) is 43.1 Å². The highest BCUT2D eigenvalue weighted by Crippen LogP contribution is 2.28. The van der Waals surface area contributed by atoms with Crippen molar-refractivity contribution in [1.29, 1.82) is 0 Å². The van der Waals surface area contributed by atoms with Crippen molar-refractivity contribution >= 4 is 22.5 Å². The average molecular weight is 470 g/mol. The second-order valence-corrected chi connectivity index (χ2v) is 8.32. The molecule has 1 aromatic heterocycles. The minimum atomic E-state index is -0.412. The molecule has 0 radical (unpaired) electrons. The summed E-state index contributed by atoms with van der Waals surface area (Å²) in [5.74, 6) is 0.281. The molecule has 0 fully saturated rings. The normalized spacial score (nSPS) is 11.6. The molecule has 7 nitrogen and oxygen atoms in total. The van der Waals surface area contributed by atoms with Crippen LogP contribution in [-0.4, -0.2) is 32.9 Å². The third-order valence-electron chi connectivity index (χ3n) is 5.38. The first kappa shape index (κ1) is 23.8. The molecule has 1 heterocycles. The van der Waals surface area contributed by atoms with Crippen LogP contribution in [0, 0.1) is 0 Å². The maximum Gasteiger partial charge on any atom is 0.272 e. The largest absolute Gasteiger partial charge is 0.508 e. The van der Waals surface area contributed by atoms with E-state index in [1.807, 2.05) is 69.3 Å². The van der Waals surface area contributed by atoms with Crippen LogP contribution in [0.25, 0.3) is 22.2 Å². The second kappa shape index (κ2) is 10.3. The fourth-order valence-corrected chi connectivity index (χ4v) is 3.78. The minimum Gasteiger partial charge on any atom is -0.508 e. The van der Waals surface area contributed by atoms with E-state index in [0.717, 1.165) is 11.3 Å². The number of para-hydroxylation sites is 1. The van der Waals surface area contributed by atoms with Crippen molar-refractivity contribution in [3.8, 4) is 28.5 Å². The summed E-state index contributed by atoms with van der Waals surface area (Å²) >= 11 is 0. The molecular weight excluding hydrogens is 442 g/mol. The number of phenolic OH excluding ortho intramolecular Hbond substituents is 2. The number of hydrogen-bond donors (Lipinski definition) is 3. The summed E-state index contributed by atoms with van der Waals surface area (Å²) in [6, 6.07) is 20.9. The van der Waals surface area contributed by atoms with Crippen LogP contribution in [-0.2, 0) is 0 Å². The van der Waals surface area contributed by atoms with Gasteiger partial charge in [-0.25, -0.2) is 10.4 Å². The van der Waals surface area contributed by atoms with Crippen molar-refractivity contribution < 1.29 is 19.7 Å². The van der Waals surface area contributed by atoms with E-state index in [2.05, 4.69) is 10.5 Å². The number of hydrogen-bond acceptors (Lipinski definition) is 6. The Morgan fingerprint density at radius 2 is 1.80 bits per heavy atom. The number of rotatable bonds is 7. The van der Waals surface area contributed by atoms with Crippen LogP contribution in [0.2, 0.25) is 0 Å². The Kier molecular flexibility index (Phi) is 6.96. The number of fused-ring (bicyclic) bond motifs is 1. The summed E-state index contributed by atoms with van der Waals surface area (Å²) in [6.07, 6.45) is 0.468. The van der Waals surface area contributed by atoms with E-state index in [0.29, 0.717) is 39.9 Å². The van der Waals surface area contributed by atoms with Crippen LogP contribution in [0.3, 0.4) is 0 Å². The van der Waals surface area contributed by atoms with Crippen LogP contribution in [0.5, 0.6) is 17.2 Å². The van der Waals surface area contributed by atoms with Crippen molar-refractivity contribution in [3.05, 3.63) is 83.9 Å². The first-order valence-corrected chi connectivity index (χ1v) is 11.4. The first-order chi connectivity index (χ1) is 16.9. The van der Waals surface area contributed by atoms with Crippen LogP contribution < -0.4 is 10.2 Å². The Morgan fingerprint density at radius 1 is 1.00 bits per heavy atom.